The summed E-state index contributed by atoms with van der Waals surface area (Å²) in [5, 5.41) is 0. The first-order valence-electron chi connectivity index (χ1n) is 11.8. The number of likely N-dealkylation sites (tertiary alicyclic amines) is 1. The minimum absolute atomic E-state index is 0.00701. The number of rotatable bonds is 2. The monoisotopic (exact) mass is 541 g/mol. The number of hydrogen-bond donors (Lipinski definition) is 1. The summed E-state index contributed by atoms with van der Waals surface area (Å²) in [4.78, 5) is 22.6. The number of hydrogen-bond acceptors (Lipinski definition) is 3. The van der Waals surface area contributed by atoms with Crippen molar-refractivity contribution in [2.75, 3.05) is 6.54 Å². The Morgan fingerprint density at radius 2 is 1.83 bits per heavy atom. The number of amides is 1. The highest BCUT2D eigenvalue weighted by Gasteiger charge is 2.55. The number of alkyl halides is 2. The number of carbonyl (C=O) groups excluding carboxylic acids is 1. The lowest BCUT2D eigenvalue weighted by atomic mass is 10.0. The largest absolute Gasteiger partial charge is 0.444 e. The first-order chi connectivity index (χ1) is 16.5. The van der Waals surface area contributed by atoms with E-state index in [2.05, 4.69) is 25.9 Å². The summed E-state index contributed by atoms with van der Waals surface area (Å²) >= 11 is 3.31. The second kappa shape index (κ2) is 7.38. The highest BCUT2D eigenvalue weighted by molar-refractivity contribution is 9.10. The number of nitrogens with zero attached hydrogens (tertiary/aromatic N) is 2. The maximum atomic E-state index is 15.3. The van der Waals surface area contributed by atoms with Crippen molar-refractivity contribution in [3.05, 3.63) is 64.0 Å². The van der Waals surface area contributed by atoms with Crippen molar-refractivity contribution in [3.63, 3.8) is 0 Å². The third-order valence-electron chi connectivity index (χ3n) is 7.28. The third-order valence-corrected chi connectivity index (χ3v) is 7.78. The second-order valence-electron chi connectivity index (χ2n) is 11.0. The lowest BCUT2D eigenvalue weighted by Crippen LogP contribution is -2.37. The average molecular weight is 542 g/mol. The molecule has 182 valence electrons. The van der Waals surface area contributed by atoms with Crippen LogP contribution >= 0.6 is 15.9 Å². The van der Waals surface area contributed by atoms with Crippen LogP contribution in [-0.4, -0.2) is 33.1 Å². The Bertz CT molecular complexity index is 1360. The van der Waals surface area contributed by atoms with Gasteiger partial charge in [0.05, 0.1) is 17.9 Å². The van der Waals surface area contributed by atoms with Crippen molar-refractivity contribution in [1.82, 2.24) is 14.9 Å². The molecule has 3 aromatic rings. The van der Waals surface area contributed by atoms with Crippen LogP contribution in [0.2, 0.25) is 0 Å². The number of halogens is 3. The molecule has 35 heavy (non-hydrogen) atoms. The van der Waals surface area contributed by atoms with Crippen LogP contribution in [0, 0.1) is 5.41 Å². The van der Waals surface area contributed by atoms with E-state index in [9.17, 15) is 4.79 Å². The van der Waals surface area contributed by atoms with Gasteiger partial charge < -0.3 is 9.72 Å². The highest BCUT2D eigenvalue weighted by atomic mass is 79.9. The lowest BCUT2D eigenvalue weighted by Gasteiger charge is -2.27. The molecule has 2 heterocycles. The van der Waals surface area contributed by atoms with Crippen LogP contribution in [0.25, 0.3) is 22.4 Å². The SMILES string of the molecule is CC(C)(C)OC(=O)N1CC2(CC2)C[C@@H]1c1ncc(-c2ccc3c(c2)C(F)(F)c2cc(Br)ccc2-3)[nH]1. The predicted octanol–water partition coefficient (Wildman–Crippen LogP) is 7.42. The van der Waals surface area contributed by atoms with Gasteiger partial charge in [-0.1, -0.05) is 34.1 Å². The number of carbonyl (C=O) groups is 1. The Labute approximate surface area is 211 Å². The molecule has 0 radical (unpaired) electrons. The standard InChI is InChI=1S/C27H26BrF2N3O2/c1-25(2,3)35-24(34)33-14-26(8-9-26)12-22(33)23-31-13-21(32-23)15-4-6-17-18-7-5-16(28)11-20(18)27(29,30)19(17)10-15/h4-7,10-11,13,22H,8-9,12,14H2,1-3H3,(H,31,32)/t22-/m1/s1. The fourth-order valence-corrected chi connectivity index (χ4v) is 5.73. The van der Waals surface area contributed by atoms with Gasteiger partial charge in [-0.05, 0) is 74.8 Å². The normalized spacial score (nSPS) is 21.2. The van der Waals surface area contributed by atoms with Gasteiger partial charge >= 0.3 is 6.09 Å². The fraction of sp³-hybridized carbons (Fsp3) is 0.407. The molecule has 0 unspecified atom stereocenters. The van der Waals surface area contributed by atoms with Crippen LogP contribution in [0.5, 0.6) is 0 Å². The van der Waals surface area contributed by atoms with Crippen LogP contribution in [0.4, 0.5) is 13.6 Å². The number of H-pyrrole nitrogens is 1. The van der Waals surface area contributed by atoms with Gasteiger partial charge in [-0.15, -0.1) is 0 Å². The molecule has 2 aromatic carbocycles. The Kier molecular flexibility index (Phi) is 4.79. The fourth-order valence-electron chi connectivity index (χ4n) is 5.37. The van der Waals surface area contributed by atoms with E-state index in [1.807, 2.05) is 26.8 Å². The van der Waals surface area contributed by atoms with Crippen LogP contribution in [-0.2, 0) is 10.7 Å². The first kappa shape index (κ1) is 22.7. The van der Waals surface area contributed by atoms with E-state index in [4.69, 9.17) is 4.74 Å². The van der Waals surface area contributed by atoms with Crippen molar-refractivity contribution in [3.8, 4) is 22.4 Å². The molecule has 6 rings (SSSR count). The minimum Gasteiger partial charge on any atom is -0.444 e. The molecule has 1 saturated carbocycles. The van der Waals surface area contributed by atoms with Gasteiger partial charge in [0.1, 0.15) is 11.4 Å². The van der Waals surface area contributed by atoms with Crippen LogP contribution < -0.4 is 0 Å². The molecule has 2 fully saturated rings. The van der Waals surface area contributed by atoms with Crippen molar-refractivity contribution >= 4 is 22.0 Å². The van der Waals surface area contributed by atoms with Crippen molar-refractivity contribution in [2.24, 2.45) is 5.41 Å². The molecule has 1 N–H and O–H groups in total. The van der Waals surface area contributed by atoms with Crippen molar-refractivity contribution < 1.29 is 18.3 Å². The van der Waals surface area contributed by atoms with Gasteiger partial charge in [0.2, 0.25) is 0 Å². The molecule has 1 spiro atoms. The van der Waals surface area contributed by atoms with Gasteiger partial charge in [-0.2, -0.15) is 8.78 Å². The van der Waals surface area contributed by atoms with Crippen LogP contribution in [0.3, 0.4) is 0 Å². The summed E-state index contributed by atoms with van der Waals surface area (Å²) < 4.78 is 36.9. The number of benzene rings is 2. The zero-order valence-electron chi connectivity index (χ0n) is 19.8. The molecule has 0 bridgehead atoms. The van der Waals surface area contributed by atoms with Gasteiger partial charge in [0, 0.05) is 27.7 Å². The molecular weight excluding hydrogens is 516 g/mol. The number of ether oxygens (including phenoxy) is 1. The maximum Gasteiger partial charge on any atom is 0.410 e. The number of nitrogens with one attached hydrogen (secondary N) is 1. The average Bonchev–Trinajstić information content (AvgIpc) is 3.12. The van der Waals surface area contributed by atoms with E-state index in [0.29, 0.717) is 39.2 Å². The Hall–Kier alpha value is -2.74. The smallest absolute Gasteiger partial charge is 0.410 e. The Balaban J connectivity index is 1.32. The first-order valence-corrected chi connectivity index (χ1v) is 12.6. The zero-order valence-corrected chi connectivity index (χ0v) is 21.4. The zero-order chi connectivity index (χ0) is 24.8. The Morgan fingerprint density at radius 1 is 1.14 bits per heavy atom. The number of fused-ring (bicyclic) bond motifs is 3. The summed E-state index contributed by atoms with van der Waals surface area (Å²) in [7, 11) is 0. The predicted molar refractivity (Wildman–Crippen MR) is 132 cm³/mol. The van der Waals surface area contributed by atoms with Gasteiger partial charge in [0.15, 0.2) is 0 Å². The van der Waals surface area contributed by atoms with E-state index in [0.717, 1.165) is 19.3 Å². The number of aromatic nitrogens is 2. The molecule has 5 nitrogen and oxygen atoms in total. The molecule has 1 amide bonds. The summed E-state index contributed by atoms with van der Waals surface area (Å²) in [5.74, 6) is -2.42. The summed E-state index contributed by atoms with van der Waals surface area (Å²) in [5.41, 5.74) is 1.95. The second-order valence-corrected chi connectivity index (χ2v) is 12.0. The van der Waals surface area contributed by atoms with Gasteiger partial charge in [-0.3, -0.25) is 4.90 Å². The molecule has 1 atom stereocenters. The number of aromatic amines is 1. The van der Waals surface area contributed by atoms with Crippen molar-refractivity contribution in [1.29, 1.82) is 0 Å². The maximum absolute atomic E-state index is 15.3. The van der Waals surface area contributed by atoms with E-state index < -0.39 is 11.5 Å². The van der Waals surface area contributed by atoms with Crippen LogP contribution in [0.15, 0.2) is 47.1 Å². The Morgan fingerprint density at radius 3 is 2.51 bits per heavy atom. The van der Waals surface area contributed by atoms with E-state index in [-0.39, 0.29) is 28.7 Å². The topological polar surface area (TPSA) is 58.2 Å². The molecule has 1 saturated heterocycles. The lowest BCUT2D eigenvalue weighted by molar-refractivity contribution is 0.0212. The molecule has 1 aromatic heterocycles. The van der Waals surface area contributed by atoms with Crippen molar-refractivity contribution in [2.45, 2.75) is 57.6 Å². The number of imidazole rings is 1. The van der Waals surface area contributed by atoms with Crippen LogP contribution in [0.1, 0.15) is 63.0 Å². The third kappa shape index (κ3) is 3.77. The van der Waals surface area contributed by atoms with E-state index >= 15 is 8.78 Å². The quantitative estimate of drug-likeness (QED) is 0.367. The summed E-state index contributed by atoms with van der Waals surface area (Å²) in [6.45, 7) is 6.22. The molecule has 8 heteroatoms. The molecular formula is C27H26BrF2N3O2. The summed E-state index contributed by atoms with van der Waals surface area (Å²) in [6.07, 6.45) is 4.33. The molecule has 2 aliphatic carbocycles. The minimum atomic E-state index is -3.08. The van der Waals surface area contributed by atoms with Gasteiger partial charge in [0.25, 0.3) is 5.92 Å². The van der Waals surface area contributed by atoms with Gasteiger partial charge in [-0.25, -0.2) is 9.78 Å². The molecule has 1 aliphatic heterocycles. The van der Waals surface area contributed by atoms with E-state index in [1.54, 1.807) is 35.4 Å². The highest BCUT2D eigenvalue weighted by Crippen LogP contribution is 2.58. The summed E-state index contributed by atoms with van der Waals surface area (Å²) in [6, 6.07) is 9.91. The van der Waals surface area contributed by atoms with E-state index in [1.165, 1.54) is 6.07 Å². The molecule has 3 aliphatic rings.